The smallest absolute Gasteiger partial charge is 0.334 e. The second-order valence-corrected chi connectivity index (χ2v) is 5.76. The zero-order valence-corrected chi connectivity index (χ0v) is 12.5. The zero-order valence-electron chi connectivity index (χ0n) is 12.5. The molecule has 118 valence electrons. The van der Waals surface area contributed by atoms with Crippen molar-refractivity contribution in [1.82, 2.24) is 14.8 Å². The predicted molar refractivity (Wildman–Crippen MR) is 77.6 cm³/mol. The third kappa shape index (κ3) is 2.82. The number of carboxylic acid groups (broad SMARTS) is 1. The summed E-state index contributed by atoms with van der Waals surface area (Å²) in [4.78, 5) is 31.7. The van der Waals surface area contributed by atoms with Crippen molar-refractivity contribution in [1.29, 1.82) is 0 Å². The lowest BCUT2D eigenvalue weighted by atomic mass is 9.96. The molecule has 7 nitrogen and oxygen atoms in total. The Morgan fingerprint density at radius 2 is 2.18 bits per heavy atom. The first-order valence-electron chi connectivity index (χ1n) is 7.34. The number of aliphatic carboxylic acids is 1. The Bertz CT molecular complexity index is 604. The van der Waals surface area contributed by atoms with Crippen LogP contribution in [0.3, 0.4) is 0 Å². The molecule has 2 aliphatic rings. The highest BCUT2D eigenvalue weighted by atomic mass is 16.5. The molecule has 0 bridgehead atoms. The fraction of sp³-hybridized carbons (Fsp3) is 0.533. The topological polar surface area (TPSA) is 83.0 Å². The van der Waals surface area contributed by atoms with E-state index in [9.17, 15) is 9.59 Å². The SMILES string of the molecule is CN1CCc2c(cncc2C(=O)N2CCOC(C(=O)O)C2)C1. The minimum Gasteiger partial charge on any atom is -0.479 e. The maximum atomic E-state index is 12.7. The van der Waals surface area contributed by atoms with Gasteiger partial charge in [0, 0.05) is 32.0 Å². The molecule has 1 amide bonds. The second kappa shape index (κ2) is 6.02. The van der Waals surface area contributed by atoms with Crippen molar-refractivity contribution in [3.05, 3.63) is 29.1 Å². The largest absolute Gasteiger partial charge is 0.479 e. The van der Waals surface area contributed by atoms with Crippen LogP contribution in [0.5, 0.6) is 0 Å². The lowest BCUT2D eigenvalue weighted by molar-refractivity contribution is -0.154. The van der Waals surface area contributed by atoms with E-state index in [1.807, 2.05) is 7.05 Å². The van der Waals surface area contributed by atoms with E-state index in [-0.39, 0.29) is 19.1 Å². The molecule has 1 aromatic rings. The van der Waals surface area contributed by atoms with Crippen molar-refractivity contribution in [2.45, 2.75) is 19.1 Å². The maximum Gasteiger partial charge on any atom is 0.334 e. The number of aromatic nitrogens is 1. The number of nitrogens with zero attached hydrogens (tertiary/aromatic N) is 3. The number of fused-ring (bicyclic) bond motifs is 1. The minimum absolute atomic E-state index is 0.0811. The van der Waals surface area contributed by atoms with Gasteiger partial charge < -0.3 is 19.6 Å². The Hall–Kier alpha value is -1.99. The van der Waals surface area contributed by atoms with Crippen LogP contribution >= 0.6 is 0 Å². The van der Waals surface area contributed by atoms with Crippen molar-refractivity contribution in [3.63, 3.8) is 0 Å². The average molecular weight is 305 g/mol. The number of amides is 1. The van der Waals surface area contributed by atoms with Gasteiger partial charge in [0.05, 0.1) is 18.7 Å². The molecule has 0 radical (unpaired) electrons. The third-order valence-corrected chi connectivity index (χ3v) is 4.19. The van der Waals surface area contributed by atoms with E-state index in [0.717, 1.165) is 30.6 Å². The molecule has 1 saturated heterocycles. The van der Waals surface area contributed by atoms with Crippen LogP contribution in [0, 0.1) is 0 Å². The normalized spacial score (nSPS) is 22.2. The lowest BCUT2D eigenvalue weighted by Crippen LogP contribution is -2.48. The van der Waals surface area contributed by atoms with Crippen LogP contribution in [0.2, 0.25) is 0 Å². The number of rotatable bonds is 2. The molecule has 2 aliphatic heterocycles. The van der Waals surface area contributed by atoms with Gasteiger partial charge in [-0.2, -0.15) is 0 Å². The number of carbonyl (C=O) groups is 2. The molecule has 1 aromatic heterocycles. The van der Waals surface area contributed by atoms with Gasteiger partial charge in [0.1, 0.15) is 0 Å². The predicted octanol–water partition coefficient (Wildman–Crippen LogP) is -0.00490. The molecular formula is C15H19N3O4. The number of likely N-dealkylation sites (N-methyl/N-ethyl adjacent to an activating group) is 1. The zero-order chi connectivity index (χ0) is 15.7. The van der Waals surface area contributed by atoms with Crippen LogP contribution in [-0.4, -0.2) is 71.2 Å². The number of carboxylic acids is 1. The monoisotopic (exact) mass is 305 g/mol. The first-order valence-corrected chi connectivity index (χ1v) is 7.34. The number of ether oxygens (including phenoxy) is 1. The number of hydrogen-bond donors (Lipinski definition) is 1. The Labute approximate surface area is 128 Å². The fourth-order valence-corrected chi connectivity index (χ4v) is 2.97. The molecule has 0 aromatic carbocycles. The molecule has 0 aliphatic carbocycles. The molecule has 1 N–H and O–H groups in total. The van der Waals surface area contributed by atoms with Gasteiger partial charge in [-0.15, -0.1) is 0 Å². The molecule has 0 spiro atoms. The number of morpholine rings is 1. The van der Waals surface area contributed by atoms with Crippen molar-refractivity contribution < 1.29 is 19.4 Å². The highest BCUT2D eigenvalue weighted by molar-refractivity contribution is 5.96. The van der Waals surface area contributed by atoms with Crippen LogP contribution in [0.15, 0.2) is 12.4 Å². The molecule has 3 heterocycles. The summed E-state index contributed by atoms with van der Waals surface area (Å²) < 4.78 is 5.17. The molecular weight excluding hydrogens is 286 g/mol. The number of carbonyl (C=O) groups excluding carboxylic acids is 1. The minimum atomic E-state index is -1.03. The summed E-state index contributed by atoms with van der Waals surface area (Å²) in [6.07, 6.45) is 3.26. The van der Waals surface area contributed by atoms with Crippen molar-refractivity contribution in [2.24, 2.45) is 0 Å². The Morgan fingerprint density at radius 1 is 1.36 bits per heavy atom. The van der Waals surface area contributed by atoms with E-state index in [4.69, 9.17) is 9.84 Å². The van der Waals surface area contributed by atoms with Gasteiger partial charge in [0.25, 0.3) is 5.91 Å². The second-order valence-electron chi connectivity index (χ2n) is 5.76. The first kappa shape index (κ1) is 14.9. The number of hydrogen-bond acceptors (Lipinski definition) is 5. The summed E-state index contributed by atoms with van der Waals surface area (Å²) in [5, 5.41) is 9.05. The van der Waals surface area contributed by atoms with Crippen LogP contribution in [0.25, 0.3) is 0 Å². The van der Waals surface area contributed by atoms with Gasteiger partial charge >= 0.3 is 5.97 Å². The van der Waals surface area contributed by atoms with Crippen LogP contribution < -0.4 is 0 Å². The molecule has 1 atom stereocenters. The fourth-order valence-electron chi connectivity index (χ4n) is 2.97. The van der Waals surface area contributed by atoms with Crippen LogP contribution in [0.4, 0.5) is 0 Å². The summed E-state index contributed by atoms with van der Waals surface area (Å²) >= 11 is 0. The van der Waals surface area contributed by atoms with Crippen molar-refractivity contribution in [3.8, 4) is 0 Å². The molecule has 0 saturated carbocycles. The molecule has 3 rings (SSSR count). The van der Waals surface area contributed by atoms with E-state index in [2.05, 4.69) is 9.88 Å². The van der Waals surface area contributed by atoms with Gasteiger partial charge in [-0.05, 0) is 24.6 Å². The highest BCUT2D eigenvalue weighted by Gasteiger charge is 2.31. The summed E-state index contributed by atoms with van der Waals surface area (Å²) in [7, 11) is 2.04. The van der Waals surface area contributed by atoms with Crippen LogP contribution in [0.1, 0.15) is 21.5 Å². The lowest BCUT2D eigenvalue weighted by Gasteiger charge is -2.32. The van der Waals surface area contributed by atoms with E-state index in [1.54, 1.807) is 17.3 Å². The Morgan fingerprint density at radius 3 is 2.95 bits per heavy atom. The quantitative estimate of drug-likeness (QED) is 0.828. The Balaban J connectivity index is 1.83. The van der Waals surface area contributed by atoms with Gasteiger partial charge in [-0.3, -0.25) is 9.78 Å². The van der Waals surface area contributed by atoms with E-state index in [1.165, 1.54) is 0 Å². The average Bonchev–Trinajstić information content (AvgIpc) is 2.53. The van der Waals surface area contributed by atoms with E-state index < -0.39 is 12.1 Å². The van der Waals surface area contributed by atoms with Gasteiger partial charge in [-0.1, -0.05) is 0 Å². The molecule has 22 heavy (non-hydrogen) atoms. The molecule has 1 fully saturated rings. The van der Waals surface area contributed by atoms with Crippen molar-refractivity contribution in [2.75, 3.05) is 33.3 Å². The van der Waals surface area contributed by atoms with Gasteiger partial charge in [0.2, 0.25) is 0 Å². The molecule has 1 unspecified atom stereocenters. The van der Waals surface area contributed by atoms with E-state index in [0.29, 0.717) is 12.1 Å². The van der Waals surface area contributed by atoms with Crippen LogP contribution in [-0.2, 0) is 22.5 Å². The summed E-state index contributed by atoms with van der Waals surface area (Å²) in [5.41, 5.74) is 2.70. The van der Waals surface area contributed by atoms with E-state index >= 15 is 0 Å². The first-order chi connectivity index (χ1) is 10.6. The molecule has 7 heteroatoms. The summed E-state index contributed by atoms with van der Waals surface area (Å²) in [5.74, 6) is -1.18. The van der Waals surface area contributed by atoms with Gasteiger partial charge in [-0.25, -0.2) is 4.79 Å². The standard InChI is InChI=1S/C15H19N3O4/c1-17-3-2-11-10(8-17)6-16-7-12(11)14(19)18-4-5-22-13(9-18)15(20)21/h6-7,13H,2-5,8-9H2,1H3,(H,20,21). The summed E-state index contributed by atoms with van der Waals surface area (Å²) in [6, 6.07) is 0. The third-order valence-electron chi connectivity index (χ3n) is 4.19. The maximum absolute atomic E-state index is 12.7. The number of pyridine rings is 1. The Kier molecular flexibility index (Phi) is 4.08. The van der Waals surface area contributed by atoms with Gasteiger partial charge in [0.15, 0.2) is 6.10 Å². The summed E-state index contributed by atoms with van der Waals surface area (Å²) in [6.45, 7) is 2.42. The highest BCUT2D eigenvalue weighted by Crippen LogP contribution is 2.22. The van der Waals surface area contributed by atoms with Crippen molar-refractivity contribution >= 4 is 11.9 Å².